The maximum atomic E-state index is 2.81. The first kappa shape index (κ1) is 7.37. The van der Waals surface area contributed by atoms with Gasteiger partial charge < -0.3 is 0 Å². The smallest absolute Gasteiger partial charge is 0.0396 e. The molecule has 1 nitrogen and oxygen atoms in total. The van der Waals surface area contributed by atoms with Crippen molar-refractivity contribution in [1.82, 2.24) is 4.90 Å². The lowest BCUT2D eigenvalue weighted by molar-refractivity contribution is 0.138. The van der Waals surface area contributed by atoms with E-state index in [0.29, 0.717) is 0 Å². The number of nitrogens with zero attached hydrogens (tertiary/aromatic N) is 1. The number of likely N-dealkylation sites (tertiary alicyclic amines) is 1. The van der Waals surface area contributed by atoms with Crippen LogP contribution in [0.15, 0.2) is 0 Å². The van der Waals surface area contributed by atoms with Crippen LogP contribution in [0.4, 0.5) is 0 Å². The van der Waals surface area contributed by atoms with Gasteiger partial charge in [0.2, 0.25) is 0 Å². The molecule has 3 rings (SSSR count). The van der Waals surface area contributed by atoms with Gasteiger partial charge in [0.05, 0.1) is 0 Å². The fourth-order valence-corrected chi connectivity index (χ4v) is 3.90. The first-order valence-electron chi connectivity index (χ1n) is 5.66. The first-order valence-corrected chi connectivity index (χ1v) is 5.66. The lowest BCUT2D eigenvalue weighted by Crippen LogP contribution is -2.42. The molecule has 68 valence electrons. The second kappa shape index (κ2) is 2.25. The van der Waals surface area contributed by atoms with E-state index in [1.807, 2.05) is 0 Å². The molecule has 0 radical (unpaired) electrons. The Morgan fingerprint density at radius 3 is 2.83 bits per heavy atom. The minimum Gasteiger partial charge on any atom is -0.291 e. The topological polar surface area (TPSA) is 3.01 Å². The van der Waals surface area contributed by atoms with Crippen molar-refractivity contribution in [2.24, 2.45) is 5.92 Å². The van der Waals surface area contributed by atoms with Crippen LogP contribution in [0.1, 0.15) is 45.4 Å². The molecule has 0 aromatic heterocycles. The Morgan fingerprint density at radius 2 is 2.25 bits per heavy atom. The van der Waals surface area contributed by atoms with Crippen molar-refractivity contribution < 1.29 is 0 Å². The average molecular weight is 165 g/mol. The van der Waals surface area contributed by atoms with E-state index in [-0.39, 0.29) is 0 Å². The summed E-state index contributed by atoms with van der Waals surface area (Å²) in [6, 6.07) is 1.03. The second-order valence-electron chi connectivity index (χ2n) is 4.87. The van der Waals surface area contributed by atoms with E-state index < -0.39 is 0 Å². The monoisotopic (exact) mass is 165 g/mol. The Hall–Kier alpha value is -0.0400. The van der Waals surface area contributed by atoms with Crippen LogP contribution in [0.2, 0.25) is 0 Å². The van der Waals surface area contributed by atoms with Crippen molar-refractivity contribution >= 4 is 0 Å². The summed E-state index contributed by atoms with van der Waals surface area (Å²) < 4.78 is 0. The molecule has 3 aliphatic rings. The largest absolute Gasteiger partial charge is 0.291 e. The highest BCUT2D eigenvalue weighted by atomic mass is 15.4. The Kier molecular flexibility index (Phi) is 1.39. The quantitative estimate of drug-likeness (QED) is 0.568. The highest BCUT2D eigenvalue weighted by Crippen LogP contribution is 2.64. The summed E-state index contributed by atoms with van der Waals surface area (Å²) in [4.78, 5) is 2.81. The standard InChI is InChI=1S/C11H19N/c1-2-8-12-10-5-3-4-9-6-7-11(9,10)12/h9-10H,2-8H2,1H3/t9-,10+,11?,12?/m1/s1. The predicted octanol–water partition coefficient (Wildman–Crippen LogP) is 2.41. The van der Waals surface area contributed by atoms with Gasteiger partial charge in [0.15, 0.2) is 0 Å². The van der Waals surface area contributed by atoms with Gasteiger partial charge in [0.25, 0.3) is 0 Å². The molecule has 0 amide bonds. The molecule has 1 heterocycles. The zero-order chi connectivity index (χ0) is 8.18. The Morgan fingerprint density at radius 1 is 1.33 bits per heavy atom. The van der Waals surface area contributed by atoms with E-state index in [1.54, 1.807) is 0 Å². The van der Waals surface area contributed by atoms with Crippen LogP contribution in [-0.4, -0.2) is 23.0 Å². The van der Waals surface area contributed by atoms with Gasteiger partial charge >= 0.3 is 0 Å². The molecule has 12 heavy (non-hydrogen) atoms. The average Bonchev–Trinajstić information content (AvgIpc) is 2.68. The Labute approximate surface area is 75.1 Å². The highest BCUT2D eigenvalue weighted by molar-refractivity contribution is 5.26. The van der Waals surface area contributed by atoms with Crippen molar-refractivity contribution in [2.45, 2.75) is 57.0 Å². The normalized spacial score (nSPS) is 55.2. The summed E-state index contributed by atoms with van der Waals surface area (Å²) >= 11 is 0. The van der Waals surface area contributed by atoms with E-state index in [9.17, 15) is 0 Å². The van der Waals surface area contributed by atoms with E-state index >= 15 is 0 Å². The molecule has 0 bridgehead atoms. The number of hydrogen-bond donors (Lipinski definition) is 0. The molecule has 2 unspecified atom stereocenters. The van der Waals surface area contributed by atoms with Crippen molar-refractivity contribution in [1.29, 1.82) is 0 Å². The molecule has 0 aromatic carbocycles. The Balaban J connectivity index is 1.76. The lowest BCUT2D eigenvalue weighted by Gasteiger charge is -2.40. The van der Waals surface area contributed by atoms with Crippen molar-refractivity contribution in [2.75, 3.05) is 6.54 Å². The van der Waals surface area contributed by atoms with Gasteiger partial charge in [0.1, 0.15) is 0 Å². The van der Waals surface area contributed by atoms with Crippen LogP contribution in [0, 0.1) is 5.92 Å². The molecular formula is C11H19N. The van der Waals surface area contributed by atoms with Crippen molar-refractivity contribution in [3.05, 3.63) is 0 Å². The van der Waals surface area contributed by atoms with E-state index in [0.717, 1.165) is 17.5 Å². The highest BCUT2D eigenvalue weighted by Gasteiger charge is 2.70. The first-order chi connectivity index (χ1) is 5.89. The third kappa shape index (κ3) is 0.654. The summed E-state index contributed by atoms with van der Waals surface area (Å²) in [5, 5.41) is 0. The molecule has 1 aliphatic heterocycles. The molecular weight excluding hydrogens is 146 g/mol. The van der Waals surface area contributed by atoms with Gasteiger partial charge in [-0.3, -0.25) is 4.90 Å². The van der Waals surface area contributed by atoms with E-state index in [2.05, 4.69) is 11.8 Å². The van der Waals surface area contributed by atoms with Gasteiger partial charge in [-0.05, 0) is 44.6 Å². The third-order valence-corrected chi connectivity index (χ3v) is 4.52. The number of rotatable bonds is 2. The summed E-state index contributed by atoms with van der Waals surface area (Å²) in [6.45, 7) is 3.69. The fourth-order valence-electron chi connectivity index (χ4n) is 3.90. The maximum Gasteiger partial charge on any atom is 0.0396 e. The predicted molar refractivity (Wildman–Crippen MR) is 50.1 cm³/mol. The molecule has 1 saturated heterocycles. The zero-order valence-corrected chi connectivity index (χ0v) is 8.05. The number of hydrogen-bond acceptors (Lipinski definition) is 1. The van der Waals surface area contributed by atoms with E-state index in [1.165, 1.54) is 45.1 Å². The van der Waals surface area contributed by atoms with Crippen molar-refractivity contribution in [3.8, 4) is 0 Å². The summed E-state index contributed by atoms with van der Waals surface area (Å²) in [7, 11) is 0. The molecule has 0 aromatic rings. The molecule has 4 atom stereocenters. The van der Waals surface area contributed by atoms with E-state index in [4.69, 9.17) is 0 Å². The maximum absolute atomic E-state index is 2.81. The molecule has 2 aliphatic carbocycles. The lowest BCUT2D eigenvalue weighted by atomic mass is 9.65. The summed E-state index contributed by atoms with van der Waals surface area (Å²) in [6.07, 6.45) is 8.98. The van der Waals surface area contributed by atoms with Gasteiger partial charge in [-0.25, -0.2) is 0 Å². The van der Waals surface area contributed by atoms with Crippen LogP contribution in [-0.2, 0) is 0 Å². The third-order valence-electron chi connectivity index (χ3n) is 4.52. The SMILES string of the molecule is CCCN1[C@H]2CCC[C@@H]3CCC321. The van der Waals surface area contributed by atoms with Crippen LogP contribution < -0.4 is 0 Å². The van der Waals surface area contributed by atoms with Crippen LogP contribution >= 0.6 is 0 Å². The molecule has 1 spiro atoms. The van der Waals surface area contributed by atoms with Gasteiger partial charge in [-0.2, -0.15) is 0 Å². The van der Waals surface area contributed by atoms with Gasteiger partial charge in [-0.15, -0.1) is 0 Å². The summed E-state index contributed by atoms with van der Waals surface area (Å²) in [5.74, 6) is 1.11. The second-order valence-corrected chi connectivity index (χ2v) is 4.87. The molecule has 0 N–H and O–H groups in total. The fraction of sp³-hybridized carbons (Fsp3) is 1.00. The molecule has 2 saturated carbocycles. The van der Waals surface area contributed by atoms with Gasteiger partial charge in [-0.1, -0.05) is 13.3 Å². The summed E-state index contributed by atoms with van der Waals surface area (Å²) in [5.41, 5.74) is 0.786. The Bertz CT molecular complexity index is 201. The minimum atomic E-state index is 0.786. The minimum absolute atomic E-state index is 0.786. The van der Waals surface area contributed by atoms with Gasteiger partial charge in [0, 0.05) is 11.6 Å². The molecule has 1 heteroatoms. The van der Waals surface area contributed by atoms with Crippen LogP contribution in [0.25, 0.3) is 0 Å². The van der Waals surface area contributed by atoms with Crippen molar-refractivity contribution in [3.63, 3.8) is 0 Å². The van der Waals surface area contributed by atoms with Crippen LogP contribution in [0.3, 0.4) is 0 Å². The molecule has 3 fully saturated rings. The van der Waals surface area contributed by atoms with Crippen LogP contribution in [0.5, 0.6) is 0 Å². The zero-order valence-electron chi connectivity index (χ0n) is 8.05.